The number of nitrogens with one attached hydrogen (secondary N) is 1. The molecule has 1 amide bonds. The molecule has 1 unspecified atom stereocenters. The predicted octanol–water partition coefficient (Wildman–Crippen LogP) is 2.01. The average molecular weight is 305 g/mol. The summed E-state index contributed by atoms with van der Waals surface area (Å²) < 4.78 is 13.9. The molecule has 1 atom stereocenters. The van der Waals surface area contributed by atoms with Crippen molar-refractivity contribution in [1.82, 2.24) is 10.2 Å². The van der Waals surface area contributed by atoms with Gasteiger partial charge in [0.1, 0.15) is 5.82 Å². The van der Waals surface area contributed by atoms with Crippen LogP contribution in [0.15, 0.2) is 24.3 Å². The predicted molar refractivity (Wildman–Crippen MR) is 85.5 cm³/mol. The van der Waals surface area contributed by atoms with Gasteiger partial charge in [-0.15, -0.1) is 0 Å². The molecule has 1 aromatic carbocycles. The molecule has 5 heteroatoms. The number of carbonyl (C=O) groups excluding carboxylic acids is 1. The van der Waals surface area contributed by atoms with Gasteiger partial charge in [0.15, 0.2) is 0 Å². The van der Waals surface area contributed by atoms with Crippen LogP contribution in [-0.2, 0) is 4.79 Å². The van der Waals surface area contributed by atoms with E-state index in [1.54, 1.807) is 12.1 Å². The Kier molecular flexibility index (Phi) is 4.34. The van der Waals surface area contributed by atoms with Crippen LogP contribution in [0.3, 0.4) is 0 Å². The zero-order valence-corrected chi connectivity index (χ0v) is 13.1. The molecule has 0 bridgehead atoms. The largest absolute Gasteiger partial charge is 0.366 e. The second kappa shape index (κ2) is 6.24. The summed E-state index contributed by atoms with van der Waals surface area (Å²) in [5.41, 5.74) is 0.277. The minimum Gasteiger partial charge on any atom is -0.366 e. The second-order valence-electron chi connectivity index (χ2n) is 6.20. The molecule has 0 aromatic heterocycles. The van der Waals surface area contributed by atoms with Crippen molar-refractivity contribution in [3.63, 3.8) is 0 Å². The Bertz CT molecular complexity index is 534. The van der Waals surface area contributed by atoms with Gasteiger partial charge in [-0.05, 0) is 37.9 Å². The molecule has 0 spiro atoms. The SMILES string of the molecule is CCC1(C(=O)N2CCN(c3ccccc3F)CC2)CCCN1. The van der Waals surface area contributed by atoms with Gasteiger partial charge in [-0.2, -0.15) is 0 Å². The lowest BCUT2D eigenvalue weighted by Crippen LogP contribution is -2.59. The highest BCUT2D eigenvalue weighted by Gasteiger charge is 2.42. The van der Waals surface area contributed by atoms with E-state index in [0.717, 1.165) is 25.8 Å². The maximum absolute atomic E-state index is 13.9. The molecular weight excluding hydrogens is 281 g/mol. The third-order valence-corrected chi connectivity index (χ3v) is 5.02. The highest BCUT2D eigenvalue weighted by molar-refractivity contribution is 5.87. The minimum absolute atomic E-state index is 0.190. The van der Waals surface area contributed by atoms with E-state index in [1.165, 1.54) is 6.07 Å². The zero-order chi connectivity index (χ0) is 15.6. The van der Waals surface area contributed by atoms with Gasteiger partial charge >= 0.3 is 0 Å². The normalized spacial score (nSPS) is 25.5. The number of amides is 1. The first kappa shape index (κ1) is 15.3. The lowest BCUT2D eigenvalue weighted by molar-refractivity contribution is -0.138. The van der Waals surface area contributed by atoms with Crippen molar-refractivity contribution in [2.75, 3.05) is 37.6 Å². The number of benzene rings is 1. The van der Waals surface area contributed by atoms with E-state index in [9.17, 15) is 9.18 Å². The second-order valence-corrected chi connectivity index (χ2v) is 6.20. The molecule has 4 nitrogen and oxygen atoms in total. The van der Waals surface area contributed by atoms with E-state index in [2.05, 4.69) is 12.2 Å². The number of nitrogens with zero attached hydrogens (tertiary/aromatic N) is 2. The first-order valence-electron chi connectivity index (χ1n) is 8.20. The number of piperazine rings is 1. The zero-order valence-electron chi connectivity index (χ0n) is 13.1. The molecule has 0 saturated carbocycles. The lowest BCUT2D eigenvalue weighted by Gasteiger charge is -2.40. The molecule has 0 radical (unpaired) electrons. The smallest absolute Gasteiger partial charge is 0.242 e. The van der Waals surface area contributed by atoms with E-state index >= 15 is 0 Å². The van der Waals surface area contributed by atoms with Crippen LogP contribution in [0.1, 0.15) is 26.2 Å². The number of rotatable bonds is 3. The standard InChI is InChI=1S/C17H24FN3O/c1-2-17(8-5-9-19-17)16(22)21-12-10-20(11-13-21)15-7-4-3-6-14(15)18/h3-4,6-7,19H,2,5,8-13H2,1H3. The Morgan fingerprint density at radius 2 is 2.00 bits per heavy atom. The number of hydrogen-bond donors (Lipinski definition) is 1. The fourth-order valence-corrected chi connectivity index (χ4v) is 3.60. The van der Waals surface area contributed by atoms with Crippen LogP contribution >= 0.6 is 0 Å². The van der Waals surface area contributed by atoms with Gasteiger partial charge < -0.3 is 15.1 Å². The molecule has 1 aromatic rings. The summed E-state index contributed by atoms with van der Waals surface area (Å²) >= 11 is 0. The van der Waals surface area contributed by atoms with Crippen LogP contribution in [-0.4, -0.2) is 49.1 Å². The van der Waals surface area contributed by atoms with Crippen molar-refractivity contribution in [1.29, 1.82) is 0 Å². The Balaban J connectivity index is 1.64. The van der Waals surface area contributed by atoms with E-state index in [0.29, 0.717) is 31.9 Å². The monoisotopic (exact) mass is 305 g/mol. The van der Waals surface area contributed by atoms with Gasteiger partial charge in [0, 0.05) is 26.2 Å². The number of para-hydroxylation sites is 1. The molecule has 2 heterocycles. The summed E-state index contributed by atoms with van der Waals surface area (Å²) in [5, 5.41) is 3.40. The Labute approximate surface area is 131 Å². The highest BCUT2D eigenvalue weighted by atomic mass is 19.1. The van der Waals surface area contributed by atoms with Crippen molar-refractivity contribution in [2.24, 2.45) is 0 Å². The Morgan fingerprint density at radius 1 is 1.27 bits per heavy atom. The van der Waals surface area contributed by atoms with Crippen LogP contribution in [0.5, 0.6) is 0 Å². The summed E-state index contributed by atoms with van der Waals surface area (Å²) in [6.45, 7) is 5.70. The molecule has 2 aliphatic rings. The molecule has 120 valence electrons. The van der Waals surface area contributed by atoms with Crippen LogP contribution in [0, 0.1) is 5.82 Å². The van der Waals surface area contributed by atoms with Crippen LogP contribution in [0.2, 0.25) is 0 Å². The third-order valence-electron chi connectivity index (χ3n) is 5.02. The van der Waals surface area contributed by atoms with Gasteiger partial charge in [-0.25, -0.2) is 4.39 Å². The summed E-state index contributed by atoms with van der Waals surface area (Å²) in [6, 6.07) is 6.85. The first-order valence-corrected chi connectivity index (χ1v) is 8.20. The van der Waals surface area contributed by atoms with Crippen molar-refractivity contribution in [3.05, 3.63) is 30.1 Å². The number of anilines is 1. The summed E-state index contributed by atoms with van der Waals surface area (Å²) in [4.78, 5) is 16.8. The number of halogens is 1. The molecule has 22 heavy (non-hydrogen) atoms. The van der Waals surface area contributed by atoms with Gasteiger partial charge in [0.2, 0.25) is 5.91 Å². The fraction of sp³-hybridized carbons (Fsp3) is 0.588. The van der Waals surface area contributed by atoms with E-state index in [4.69, 9.17) is 0 Å². The lowest BCUT2D eigenvalue weighted by atomic mass is 9.92. The minimum atomic E-state index is -0.361. The number of carbonyl (C=O) groups is 1. The van der Waals surface area contributed by atoms with Crippen LogP contribution in [0.4, 0.5) is 10.1 Å². The van der Waals surface area contributed by atoms with Gasteiger partial charge in [0.25, 0.3) is 0 Å². The third kappa shape index (κ3) is 2.70. The molecule has 2 fully saturated rings. The van der Waals surface area contributed by atoms with E-state index in [1.807, 2.05) is 15.9 Å². The summed E-state index contributed by atoms with van der Waals surface area (Å²) in [5.74, 6) is 0.0328. The maximum Gasteiger partial charge on any atom is 0.242 e. The van der Waals surface area contributed by atoms with Crippen molar-refractivity contribution < 1.29 is 9.18 Å². The summed E-state index contributed by atoms with van der Waals surface area (Å²) in [7, 11) is 0. The first-order chi connectivity index (χ1) is 10.7. The van der Waals surface area contributed by atoms with E-state index < -0.39 is 0 Å². The maximum atomic E-state index is 13.9. The van der Waals surface area contributed by atoms with Gasteiger partial charge in [0.05, 0.1) is 11.2 Å². The van der Waals surface area contributed by atoms with Crippen LogP contribution < -0.4 is 10.2 Å². The molecular formula is C17H24FN3O. The topological polar surface area (TPSA) is 35.6 Å². The van der Waals surface area contributed by atoms with Crippen molar-refractivity contribution in [2.45, 2.75) is 31.7 Å². The van der Waals surface area contributed by atoms with Crippen LogP contribution in [0.25, 0.3) is 0 Å². The molecule has 0 aliphatic carbocycles. The Morgan fingerprint density at radius 3 is 2.59 bits per heavy atom. The quantitative estimate of drug-likeness (QED) is 0.928. The molecule has 2 saturated heterocycles. The van der Waals surface area contributed by atoms with Crippen molar-refractivity contribution >= 4 is 11.6 Å². The fourth-order valence-electron chi connectivity index (χ4n) is 3.60. The highest BCUT2D eigenvalue weighted by Crippen LogP contribution is 2.27. The molecule has 2 aliphatic heterocycles. The Hall–Kier alpha value is -1.62. The molecule has 3 rings (SSSR count). The van der Waals surface area contributed by atoms with E-state index in [-0.39, 0.29) is 17.3 Å². The summed E-state index contributed by atoms with van der Waals surface area (Å²) in [6.07, 6.45) is 2.82. The van der Waals surface area contributed by atoms with Crippen molar-refractivity contribution in [3.8, 4) is 0 Å². The number of hydrogen-bond acceptors (Lipinski definition) is 3. The van der Waals surface area contributed by atoms with Gasteiger partial charge in [-0.1, -0.05) is 19.1 Å². The van der Waals surface area contributed by atoms with Gasteiger partial charge in [-0.3, -0.25) is 4.79 Å². The molecule has 1 N–H and O–H groups in total. The average Bonchev–Trinajstić information content (AvgIpc) is 3.05.